The van der Waals surface area contributed by atoms with Gasteiger partial charge in [-0.25, -0.2) is 0 Å². The molecule has 4 bridgehead atoms. The average molecular weight is 461 g/mol. The van der Waals surface area contributed by atoms with Gasteiger partial charge in [-0.05, 0) is 88.0 Å². The Kier molecular flexibility index (Phi) is 7.22. The van der Waals surface area contributed by atoms with Gasteiger partial charge < -0.3 is 15.2 Å². The van der Waals surface area contributed by atoms with E-state index in [1.165, 1.54) is 77.0 Å². The first-order chi connectivity index (χ1) is 15.8. The standard InChI is InChI=1S/C29H52N2O2/c1-19(33-25-16-20-10-5-6-12-21(13-9-11-20)26(25)30-4)31-27-23-17-22(28(23,2)3)18-24(27)29(32)14-7-8-15-29/h19-27,30-32H,5-18H2,1-4H3/t19?,20?,21?,22-,23+,24+,25?,26?,27-/m1/s1. The van der Waals surface area contributed by atoms with Gasteiger partial charge in [0.1, 0.15) is 6.23 Å². The summed E-state index contributed by atoms with van der Waals surface area (Å²) in [7, 11) is 2.16. The van der Waals surface area contributed by atoms with Crippen LogP contribution in [0.3, 0.4) is 0 Å². The zero-order valence-electron chi connectivity index (χ0n) is 22.0. The number of aliphatic hydroxyl groups is 1. The summed E-state index contributed by atoms with van der Waals surface area (Å²) in [5, 5.41) is 19.4. The second kappa shape index (κ2) is 9.71. The molecule has 3 N–H and O–H groups in total. The molecule has 0 aromatic heterocycles. The fourth-order valence-electron chi connectivity index (χ4n) is 9.25. The summed E-state index contributed by atoms with van der Waals surface area (Å²) in [5.41, 5.74) is -0.0565. The van der Waals surface area contributed by atoms with Gasteiger partial charge in [0.15, 0.2) is 0 Å². The molecule has 0 amide bonds. The van der Waals surface area contributed by atoms with Gasteiger partial charge in [0.2, 0.25) is 0 Å². The van der Waals surface area contributed by atoms with Crippen molar-refractivity contribution in [2.24, 2.45) is 35.0 Å². The van der Waals surface area contributed by atoms with Crippen LogP contribution in [-0.2, 0) is 4.74 Å². The highest BCUT2D eigenvalue weighted by Gasteiger charge is 2.61. The predicted molar refractivity (Wildman–Crippen MR) is 135 cm³/mol. The summed E-state index contributed by atoms with van der Waals surface area (Å²) in [6, 6.07) is 0.854. The minimum absolute atomic E-state index is 0.0396. The minimum atomic E-state index is -0.451. The molecule has 7 aliphatic rings. The van der Waals surface area contributed by atoms with Gasteiger partial charge in [-0.15, -0.1) is 0 Å². The van der Waals surface area contributed by atoms with Crippen LogP contribution in [0, 0.1) is 35.0 Å². The molecule has 7 saturated carbocycles. The fourth-order valence-corrected chi connectivity index (χ4v) is 9.25. The molecule has 5 unspecified atom stereocenters. The molecule has 7 rings (SSSR count). The molecule has 0 radical (unpaired) electrons. The van der Waals surface area contributed by atoms with Crippen molar-refractivity contribution in [3.8, 4) is 0 Å². The Bertz CT molecular complexity index is 656. The Labute approximate surface area is 203 Å². The summed E-state index contributed by atoms with van der Waals surface area (Å²) in [6.45, 7) is 7.19. The largest absolute Gasteiger partial charge is 0.390 e. The van der Waals surface area contributed by atoms with Crippen molar-refractivity contribution in [3.05, 3.63) is 0 Å². The zero-order chi connectivity index (χ0) is 23.2. The maximum Gasteiger partial charge on any atom is 0.105 e. The molecule has 7 fully saturated rings. The van der Waals surface area contributed by atoms with Crippen molar-refractivity contribution < 1.29 is 9.84 Å². The molecule has 0 saturated heterocycles. The third kappa shape index (κ3) is 4.68. The van der Waals surface area contributed by atoms with E-state index in [2.05, 4.69) is 38.5 Å². The molecule has 0 aromatic rings. The molecule has 4 nitrogen and oxygen atoms in total. The molecule has 33 heavy (non-hydrogen) atoms. The maximum atomic E-state index is 11.6. The number of ether oxygens (including phenoxy) is 1. The molecular formula is C29H52N2O2. The Hall–Kier alpha value is -0.160. The lowest BCUT2D eigenvalue weighted by Gasteiger charge is -2.65. The highest BCUT2D eigenvalue weighted by atomic mass is 16.5. The summed E-state index contributed by atoms with van der Waals surface area (Å²) in [4.78, 5) is 0. The molecule has 190 valence electrons. The van der Waals surface area contributed by atoms with E-state index >= 15 is 0 Å². The van der Waals surface area contributed by atoms with Gasteiger partial charge >= 0.3 is 0 Å². The normalized spacial score (nSPS) is 45.4. The lowest BCUT2D eigenvalue weighted by Crippen LogP contribution is -2.68. The SMILES string of the molecule is CNC1C2CCCCC(CCC2)CC1OC(C)N[C@H]1[C@@H](C2(O)CCCC2)C[C@H]2C[C@@H]1C2(C)C. The van der Waals surface area contributed by atoms with Crippen molar-refractivity contribution in [1.29, 1.82) is 0 Å². The second-order valence-corrected chi connectivity index (χ2v) is 13.4. The molecule has 0 spiro atoms. The van der Waals surface area contributed by atoms with Gasteiger partial charge in [-0.1, -0.05) is 58.8 Å². The number of nitrogens with one attached hydrogen (secondary N) is 2. The highest BCUT2D eigenvalue weighted by molar-refractivity contribution is 5.13. The lowest BCUT2D eigenvalue weighted by atomic mass is 9.43. The summed E-state index contributed by atoms with van der Waals surface area (Å²) < 4.78 is 6.95. The Morgan fingerprint density at radius 2 is 1.52 bits per heavy atom. The fraction of sp³-hybridized carbons (Fsp3) is 1.00. The van der Waals surface area contributed by atoms with Crippen LogP contribution in [0.1, 0.15) is 111 Å². The second-order valence-electron chi connectivity index (χ2n) is 13.4. The summed E-state index contributed by atoms with van der Waals surface area (Å²) >= 11 is 0. The first-order valence-corrected chi connectivity index (χ1v) is 14.6. The van der Waals surface area contributed by atoms with Crippen LogP contribution >= 0.6 is 0 Å². The summed E-state index contributed by atoms with van der Waals surface area (Å²) in [5.74, 6) is 3.41. The molecule has 9 atom stereocenters. The third-order valence-electron chi connectivity index (χ3n) is 11.3. The van der Waals surface area contributed by atoms with Crippen LogP contribution in [-0.4, -0.2) is 42.2 Å². The van der Waals surface area contributed by atoms with E-state index in [-0.39, 0.29) is 6.23 Å². The molecular weight excluding hydrogens is 408 g/mol. The molecule has 0 aliphatic heterocycles. The molecule has 0 heterocycles. The predicted octanol–water partition coefficient (Wildman–Crippen LogP) is 5.63. The monoisotopic (exact) mass is 460 g/mol. The van der Waals surface area contributed by atoms with E-state index in [1.54, 1.807) is 0 Å². The Morgan fingerprint density at radius 1 is 0.848 bits per heavy atom. The van der Waals surface area contributed by atoms with E-state index in [4.69, 9.17) is 4.74 Å². The van der Waals surface area contributed by atoms with Crippen molar-refractivity contribution >= 4 is 0 Å². The lowest BCUT2D eigenvalue weighted by molar-refractivity contribution is -0.178. The number of likely N-dealkylation sites (N-methyl/N-ethyl adjacent to an activating group) is 1. The molecule has 4 heteroatoms. The quantitative estimate of drug-likeness (QED) is 0.450. The molecule has 0 aromatic carbocycles. The van der Waals surface area contributed by atoms with Gasteiger partial charge in [0.05, 0.1) is 11.7 Å². The maximum absolute atomic E-state index is 11.6. The number of hydrogen-bond acceptors (Lipinski definition) is 4. The Morgan fingerprint density at radius 3 is 2.24 bits per heavy atom. The van der Waals surface area contributed by atoms with E-state index in [1.807, 2.05) is 0 Å². The van der Waals surface area contributed by atoms with Gasteiger partial charge in [0.25, 0.3) is 0 Å². The average Bonchev–Trinajstić information content (AvgIpc) is 3.27. The van der Waals surface area contributed by atoms with Crippen LogP contribution in [0.4, 0.5) is 0 Å². The van der Waals surface area contributed by atoms with Crippen LogP contribution in [0.5, 0.6) is 0 Å². The van der Waals surface area contributed by atoms with Crippen LogP contribution < -0.4 is 10.6 Å². The van der Waals surface area contributed by atoms with Gasteiger partial charge in [-0.2, -0.15) is 0 Å². The van der Waals surface area contributed by atoms with E-state index < -0.39 is 5.60 Å². The number of hydrogen-bond donors (Lipinski definition) is 3. The first-order valence-electron chi connectivity index (χ1n) is 14.6. The summed E-state index contributed by atoms with van der Waals surface area (Å²) in [6.07, 6.45) is 18.1. The van der Waals surface area contributed by atoms with Crippen molar-refractivity contribution in [3.63, 3.8) is 0 Å². The van der Waals surface area contributed by atoms with Gasteiger partial charge in [-0.3, -0.25) is 5.32 Å². The minimum Gasteiger partial charge on any atom is -0.390 e. The molecule has 7 aliphatic carbocycles. The topological polar surface area (TPSA) is 53.5 Å². The third-order valence-corrected chi connectivity index (χ3v) is 11.3. The zero-order valence-corrected chi connectivity index (χ0v) is 22.0. The van der Waals surface area contributed by atoms with E-state index in [9.17, 15) is 5.11 Å². The van der Waals surface area contributed by atoms with Crippen LogP contribution in [0.15, 0.2) is 0 Å². The van der Waals surface area contributed by atoms with Crippen molar-refractivity contribution in [2.75, 3.05) is 7.05 Å². The van der Waals surface area contributed by atoms with Crippen LogP contribution in [0.25, 0.3) is 0 Å². The van der Waals surface area contributed by atoms with Crippen molar-refractivity contribution in [2.45, 2.75) is 141 Å². The Balaban J connectivity index is 1.31. The van der Waals surface area contributed by atoms with E-state index in [0.29, 0.717) is 35.4 Å². The number of rotatable bonds is 6. The first kappa shape index (κ1) is 24.5. The smallest absolute Gasteiger partial charge is 0.105 e. The number of fused-ring (bicyclic) bond motifs is 9. The van der Waals surface area contributed by atoms with Crippen LogP contribution in [0.2, 0.25) is 0 Å². The highest BCUT2D eigenvalue weighted by Crippen LogP contribution is 2.63. The van der Waals surface area contributed by atoms with Crippen molar-refractivity contribution in [1.82, 2.24) is 10.6 Å². The van der Waals surface area contributed by atoms with Gasteiger partial charge in [0, 0.05) is 18.0 Å². The van der Waals surface area contributed by atoms with E-state index in [0.717, 1.165) is 30.6 Å².